The summed E-state index contributed by atoms with van der Waals surface area (Å²) >= 11 is 0. The number of aromatic nitrogens is 4. The Morgan fingerprint density at radius 3 is 2.70 bits per heavy atom. The predicted molar refractivity (Wildman–Crippen MR) is 165 cm³/mol. The first-order valence-electron chi connectivity index (χ1n) is 15.8. The molecule has 43 heavy (non-hydrogen) atoms. The van der Waals surface area contributed by atoms with Crippen LogP contribution < -0.4 is 15.4 Å². The molecule has 2 N–H and O–H groups in total. The molecule has 2 saturated heterocycles. The molecule has 3 unspecified atom stereocenters. The summed E-state index contributed by atoms with van der Waals surface area (Å²) < 4.78 is 10.2. The number of fused-ring (bicyclic) bond motifs is 4. The van der Waals surface area contributed by atoms with Crippen molar-refractivity contribution in [3.05, 3.63) is 35.9 Å². The van der Waals surface area contributed by atoms with E-state index in [1.54, 1.807) is 7.11 Å². The summed E-state index contributed by atoms with van der Waals surface area (Å²) in [6, 6.07) is 10.5. The second-order valence-corrected chi connectivity index (χ2v) is 13.1. The van der Waals surface area contributed by atoms with Gasteiger partial charge in [-0.05, 0) is 80.2 Å². The number of likely N-dealkylation sites (tertiary alicyclic amines) is 1. The van der Waals surface area contributed by atoms with E-state index in [0.717, 1.165) is 65.3 Å². The van der Waals surface area contributed by atoms with Crippen LogP contribution in [0.1, 0.15) is 55.8 Å². The Morgan fingerprint density at radius 1 is 1.12 bits per heavy atom. The van der Waals surface area contributed by atoms with Crippen molar-refractivity contribution in [2.75, 3.05) is 25.5 Å². The van der Waals surface area contributed by atoms with Crippen molar-refractivity contribution in [3.63, 3.8) is 0 Å². The minimum Gasteiger partial charge on any atom is -0.494 e. The highest BCUT2D eigenvalue weighted by Gasteiger charge is 2.46. The maximum absolute atomic E-state index is 13.7. The summed E-state index contributed by atoms with van der Waals surface area (Å²) in [5.74, 6) is 4.23. The van der Waals surface area contributed by atoms with E-state index in [1.165, 1.54) is 19.3 Å². The molecule has 4 atom stereocenters. The number of aryl methyl sites for hydroxylation is 1. The van der Waals surface area contributed by atoms with Crippen molar-refractivity contribution < 1.29 is 14.3 Å². The largest absolute Gasteiger partial charge is 0.494 e. The normalized spacial score (nSPS) is 25.1. The second-order valence-electron chi connectivity index (χ2n) is 13.1. The molecule has 5 heterocycles. The lowest BCUT2D eigenvalue weighted by molar-refractivity contribution is -0.122. The minimum absolute atomic E-state index is 0.0770. The molecule has 2 saturated carbocycles. The third-order valence-electron chi connectivity index (χ3n) is 10.4. The first-order valence-corrected chi connectivity index (χ1v) is 15.8. The van der Waals surface area contributed by atoms with Crippen LogP contribution in [0.4, 0.5) is 5.82 Å². The monoisotopic (exact) mass is 581 g/mol. The zero-order chi connectivity index (χ0) is 29.4. The molecule has 10 heteroatoms. The molecule has 10 nitrogen and oxygen atoms in total. The average Bonchev–Trinajstić information content (AvgIpc) is 3.41. The summed E-state index contributed by atoms with van der Waals surface area (Å²) in [5, 5.41) is 7.44. The van der Waals surface area contributed by atoms with E-state index in [9.17, 15) is 9.59 Å². The fourth-order valence-electron chi connectivity index (χ4n) is 7.78. The Morgan fingerprint density at radius 2 is 1.98 bits per heavy atom. The van der Waals surface area contributed by atoms with Gasteiger partial charge in [0.2, 0.25) is 5.91 Å². The standard InChI is InChI=1S/C33H39N7O3/c1-18-21-6-8-25(18)40(17-21)33(42)22-12-24-30(27(14-22)43-3)38(2)32(36-24)26-13-20-7-9-28(35-23-10-11-34-29(41)15-23)37-31(20)39(26)16-19-4-5-19/h7,9,12-14,18-19,21,23,25H,4-6,8,10-11,15-17H2,1-3H3,(H,34,41)(H,35,37)/t18-,21?,23?,25?/m1/s1. The van der Waals surface area contributed by atoms with Gasteiger partial charge in [0.1, 0.15) is 22.7 Å². The average molecular weight is 582 g/mol. The molecule has 4 aliphatic rings. The third-order valence-corrected chi connectivity index (χ3v) is 10.4. The Labute approximate surface area is 250 Å². The van der Waals surface area contributed by atoms with E-state index in [4.69, 9.17) is 14.7 Å². The van der Waals surface area contributed by atoms with Crippen LogP contribution in [-0.4, -0.2) is 68.1 Å². The van der Waals surface area contributed by atoms with E-state index < -0.39 is 0 Å². The lowest BCUT2D eigenvalue weighted by atomic mass is 10.0. The smallest absolute Gasteiger partial charge is 0.254 e. The van der Waals surface area contributed by atoms with Crippen LogP contribution >= 0.6 is 0 Å². The van der Waals surface area contributed by atoms with E-state index in [1.807, 2.05) is 25.2 Å². The third kappa shape index (κ3) is 4.44. The quantitative estimate of drug-likeness (QED) is 0.331. The number of nitrogens with zero attached hydrogens (tertiary/aromatic N) is 5. The fraction of sp³-hybridized carbons (Fsp3) is 0.515. The lowest BCUT2D eigenvalue weighted by Gasteiger charge is -2.27. The number of methoxy groups -OCH3 is 1. The van der Waals surface area contributed by atoms with E-state index in [2.05, 4.69) is 43.7 Å². The molecule has 2 aliphatic carbocycles. The number of rotatable bonds is 7. The Kier molecular flexibility index (Phi) is 6.17. The van der Waals surface area contributed by atoms with Gasteiger partial charge in [0.25, 0.3) is 5.91 Å². The summed E-state index contributed by atoms with van der Waals surface area (Å²) in [6.07, 6.45) is 6.08. The predicted octanol–water partition coefficient (Wildman–Crippen LogP) is 4.57. The fourth-order valence-corrected chi connectivity index (χ4v) is 7.78. The van der Waals surface area contributed by atoms with Gasteiger partial charge in [0.15, 0.2) is 5.82 Å². The first kappa shape index (κ1) is 26.5. The molecule has 0 radical (unpaired) electrons. The lowest BCUT2D eigenvalue weighted by Crippen LogP contribution is -2.39. The van der Waals surface area contributed by atoms with Crippen LogP contribution in [0.3, 0.4) is 0 Å². The summed E-state index contributed by atoms with van der Waals surface area (Å²) in [4.78, 5) is 37.9. The number of benzene rings is 1. The molecular formula is C33H39N7O3. The summed E-state index contributed by atoms with van der Waals surface area (Å²) in [5.41, 5.74) is 4.19. The molecule has 3 aromatic heterocycles. The molecule has 2 amide bonds. The van der Waals surface area contributed by atoms with Gasteiger partial charge in [0, 0.05) is 56.1 Å². The van der Waals surface area contributed by atoms with Crippen LogP contribution in [0.15, 0.2) is 30.3 Å². The zero-order valence-electron chi connectivity index (χ0n) is 25.1. The van der Waals surface area contributed by atoms with Gasteiger partial charge in [-0.3, -0.25) is 9.59 Å². The number of hydrogen-bond donors (Lipinski definition) is 2. The number of nitrogens with one attached hydrogen (secondary N) is 2. The second kappa shape index (κ2) is 9.99. The van der Waals surface area contributed by atoms with Crippen LogP contribution in [0, 0.1) is 17.8 Å². The van der Waals surface area contributed by atoms with Gasteiger partial charge >= 0.3 is 0 Å². The number of pyridine rings is 1. The van der Waals surface area contributed by atoms with Crippen LogP contribution in [0.25, 0.3) is 33.6 Å². The van der Waals surface area contributed by atoms with Gasteiger partial charge < -0.3 is 29.4 Å². The van der Waals surface area contributed by atoms with E-state index >= 15 is 0 Å². The molecule has 2 bridgehead atoms. The highest BCUT2D eigenvalue weighted by molar-refractivity contribution is 6.00. The number of piperidine rings is 2. The molecule has 2 aliphatic heterocycles. The molecule has 8 rings (SSSR count). The van der Waals surface area contributed by atoms with Crippen molar-refractivity contribution in [3.8, 4) is 17.3 Å². The minimum atomic E-state index is 0.0770. The molecule has 0 spiro atoms. The van der Waals surface area contributed by atoms with E-state index in [-0.39, 0.29) is 17.9 Å². The maximum Gasteiger partial charge on any atom is 0.254 e. The zero-order valence-corrected chi connectivity index (χ0v) is 25.1. The number of anilines is 1. The van der Waals surface area contributed by atoms with Crippen molar-refractivity contribution in [2.45, 2.75) is 64.1 Å². The topological polar surface area (TPSA) is 106 Å². The van der Waals surface area contributed by atoms with Gasteiger partial charge in [-0.2, -0.15) is 0 Å². The molecule has 1 aromatic carbocycles. The highest BCUT2D eigenvalue weighted by atomic mass is 16.5. The van der Waals surface area contributed by atoms with E-state index in [0.29, 0.717) is 48.1 Å². The summed E-state index contributed by atoms with van der Waals surface area (Å²) in [6.45, 7) is 4.69. The van der Waals surface area contributed by atoms with Gasteiger partial charge in [0.05, 0.1) is 18.3 Å². The number of ether oxygens (including phenoxy) is 1. The van der Waals surface area contributed by atoms with Crippen molar-refractivity contribution in [1.29, 1.82) is 0 Å². The summed E-state index contributed by atoms with van der Waals surface area (Å²) in [7, 11) is 3.68. The Bertz CT molecular complexity index is 1770. The Hall–Kier alpha value is -4.08. The van der Waals surface area contributed by atoms with Crippen molar-refractivity contribution >= 4 is 39.7 Å². The first-order chi connectivity index (χ1) is 20.9. The molecule has 224 valence electrons. The Balaban J connectivity index is 1.19. The number of hydrogen-bond acceptors (Lipinski definition) is 6. The SMILES string of the molecule is COc1cc(C(=O)N2CC3CCC2[C@@H]3C)cc2nc(-c3cc4ccc(NC5CCNC(=O)C5)nc4n3CC3CC3)n(C)c12. The van der Waals surface area contributed by atoms with Crippen molar-refractivity contribution in [2.24, 2.45) is 24.8 Å². The van der Waals surface area contributed by atoms with Crippen LogP contribution in [0.2, 0.25) is 0 Å². The maximum atomic E-state index is 13.7. The number of carbonyl (C=O) groups is 2. The molecule has 4 fully saturated rings. The van der Waals surface area contributed by atoms with Crippen LogP contribution in [0.5, 0.6) is 5.75 Å². The van der Waals surface area contributed by atoms with Gasteiger partial charge in [-0.15, -0.1) is 0 Å². The number of imidazole rings is 1. The molecule has 4 aromatic rings. The van der Waals surface area contributed by atoms with Crippen LogP contribution in [-0.2, 0) is 18.4 Å². The van der Waals surface area contributed by atoms with Crippen molar-refractivity contribution in [1.82, 2.24) is 29.3 Å². The highest BCUT2D eigenvalue weighted by Crippen LogP contribution is 2.44. The number of amides is 2. The number of carbonyl (C=O) groups excluding carboxylic acids is 2. The van der Waals surface area contributed by atoms with Gasteiger partial charge in [-0.1, -0.05) is 6.92 Å². The van der Waals surface area contributed by atoms with Gasteiger partial charge in [-0.25, -0.2) is 9.97 Å². The molecular weight excluding hydrogens is 542 g/mol.